The minimum Gasteiger partial charge on any atom is -0.463 e. The van der Waals surface area contributed by atoms with Gasteiger partial charge in [-0.2, -0.15) is 0 Å². The van der Waals surface area contributed by atoms with Gasteiger partial charge in [-0.25, -0.2) is 4.79 Å². The van der Waals surface area contributed by atoms with Crippen molar-refractivity contribution in [2.24, 2.45) is 5.92 Å². The van der Waals surface area contributed by atoms with Gasteiger partial charge in [0.05, 0.1) is 13.2 Å². The van der Waals surface area contributed by atoms with Crippen LogP contribution in [0.2, 0.25) is 0 Å². The third-order valence-corrected chi connectivity index (χ3v) is 2.87. The molecule has 0 aliphatic carbocycles. The van der Waals surface area contributed by atoms with Crippen molar-refractivity contribution in [3.63, 3.8) is 0 Å². The zero-order valence-electron chi connectivity index (χ0n) is 10.1. The molecule has 1 heterocycles. The lowest BCUT2D eigenvalue weighted by molar-refractivity contribution is -0.138. The zero-order valence-corrected chi connectivity index (χ0v) is 10.1. The summed E-state index contributed by atoms with van der Waals surface area (Å²) in [5.41, 5.74) is 0.479. The van der Waals surface area contributed by atoms with E-state index in [2.05, 4.69) is 18.8 Å². The van der Waals surface area contributed by atoms with E-state index in [1.807, 2.05) is 0 Å². The second-order valence-electron chi connectivity index (χ2n) is 4.12. The molecule has 1 fully saturated rings. The van der Waals surface area contributed by atoms with E-state index >= 15 is 0 Å². The van der Waals surface area contributed by atoms with Crippen LogP contribution in [0.15, 0.2) is 12.2 Å². The van der Waals surface area contributed by atoms with Gasteiger partial charge in [0.15, 0.2) is 0 Å². The second kappa shape index (κ2) is 6.66. The molecule has 1 aliphatic heterocycles. The van der Waals surface area contributed by atoms with Gasteiger partial charge in [-0.1, -0.05) is 6.58 Å². The summed E-state index contributed by atoms with van der Waals surface area (Å²) in [6, 6.07) is 0.341. The van der Waals surface area contributed by atoms with Crippen molar-refractivity contribution in [2.75, 3.05) is 26.4 Å². The number of hydrogen-bond acceptors (Lipinski definition) is 4. The number of rotatable bonds is 6. The Balaban J connectivity index is 2.22. The quantitative estimate of drug-likeness (QED) is 0.545. The van der Waals surface area contributed by atoms with Crippen LogP contribution in [0.5, 0.6) is 0 Å². The topological polar surface area (TPSA) is 47.6 Å². The van der Waals surface area contributed by atoms with Gasteiger partial charge in [0.1, 0.15) is 0 Å². The molecule has 0 radical (unpaired) electrons. The number of esters is 1. The van der Waals surface area contributed by atoms with Crippen molar-refractivity contribution in [3.8, 4) is 0 Å². The molecule has 0 saturated carbocycles. The first kappa shape index (κ1) is 13.2. The molecule has 0 aromatic rings. The standard InChI is InChI=1S/C12H21NO3/c1-4-16-12(14)9(2)7-13-10(3)11-5-6-15-8-11/h10-11,13H,2,4-8H2,1,3H3. The first-order valence-electron chi connectivity index (χ1n) is 5.81. The van der Waals surface area contributed by atoms with Gasteiger partial charge < -0.3 is 14.8 Å². The highest BCUT2D eigenvalue weighted by molar-refractivity contribution is 5.88. The summed E-state index contributed by atoms with van der Waals surface area (Å²) < 4.78 is 10.2. The molecule has 2 atom stereocenters. The van der Waals surface area contributed by atoms with Crippen LogP contribution in [0, 0.1) is 5.92 Å². The molecule has 1 N–H and O–H groups in total. The van der Waals surface area contributed by atoms with E-state index in [1.165, 1.54) is 0 Å². The van der Waals surface area contributed by atoms with Gasteiger partial charge >= 0.3 is 5.97 Å². The maximum atomic E-state index is 11.3. The smallest absolute Gasteiger partial charge is 0.334 e. The molecule has 0 amide bonds. The van der Waals surface area contributed by atoms with E-state index in [0.29, 0.717) is 30.7 Å². The highest BCUT2D eigenvalue weighted by Crippen LogP contribution is 2.16. The summed E-state index contributed by atoms with van der Waals surface area (Å²) in [6.07, 6.45) is 1.08. The first-order valence-corrected chi connectivity index (χ1v) is 5.81. The summed E-state index contributed by atoms with van der Waals surface area (Å²) >= 11 is 0. The van der Waals surface area contributed by atoms with Crippen LogP contribution in [0.1, 0.15) is 20.3 Å². The molecule has 1 saturated heterocycles. The highest BCUT2D eigenvalue weighted by atomic mass is 16.5. The van der Waals surface area contributed by atoms with E-state index < -0.39 is 0 Å². The minimum atomic E-state index is -0.315. The van der Waals surface area contributed by atoms with Crippen molar-refractivity contribution in [1.82, 2.24) is 5.32 Å². The maximum Gasteiger partial charge on any atom is 0.334 e. The van der Waals surface area contributed by atoms with Gasteiger partial charge in [-0.05, 0) is 26.2 Å². The van der Waals surface area contributed by atoms with E-state index in [9.17, 15) is 4.79 Å². The minimum absolute atomic E-state index is 0.315. The Labute approximate surface area is 97.0 Å². The summed E-state index contributed by atoms with van der Waals surface area (Å²) in [5.74, 6) is 0.222. The molecule has 2 unspecified atom stereocenters. The van der Waals surface area contributed by atoms with Gasteiger partial charge in [-0.15, -0.1) is 0 Å². The van der Waals surface area contributed by atoms with Gasteiger partial charge in [0.2, 0.25) is 0 Å². The van der Waals surface area contributed by atoms with E-state index in [-0.39, 0.29) is 5.97 Å². The average Bonchev–Trinajstić information content (AvgIpc) is 2.79. The fourth-order valence-corrected chi connectivity index (χ4v) is 1.70. The average molecular weight is 227 g/mol. The molecular formula is C12H21NO3. The van der Waals surface area contributed by atoms with Crippen LogP contribution < -0.4 is 5.32 Å². The number of carbonyl (C=O) groups excluding carboxylic acids is 1. The van der Waals surface area contributed by atoms with Crippen LogP contribution in [-0.4, -0.2) is 38.4 Å². The lowest BCUT2D eigenvalue weighted by Crippen LogP contribution is -2.36. The van der Waals surface area contributed by atoms with Gasteiger partial charge in [-0.3, -0.25) is 0 Å². The van der Waals surface area contributed by atoms with Crippen molar-refractivity contribution < 1.29 is 14.3 Å². The van der Waals surface area contributed by atoms with Crippen LogP contribution >= 0.6 is 0 Å². The lowest BCUT2D eigenvalue weighted by Gasteiger charge is -2.19. The Morgan fingerprint density at radius 2 is 2.44 bits per heavy atom. The zero-order chi connectivity index (χ0) is 12.0. The van der Waals surface area contributed by atoms with Crippen LogP contribution in [0.3, 0.4) is 0 Å². The first-order chi connectivity index (χ1) is 7.65. The SMILES string of the molecule is C=C(CNC(C)C1CCOC1)C(=O)OCC. The third-order valence-electron chi connectivity index (χ3n) is 2.87. The molecule has 4 nitrogen and oxygen atoms in total. The molecule has 0 spiro atoms. The predicted molar refractivity (Wildman–Crippen MR) is 62.2 cm³/mol. The summed E-state index contributed by atoms with van der Waals surface area (Å²) in [5, 5.41) is 3.28. The molecule has 0 aromatic heterocycles. The van der Waals surface area contributed by atoms with E-state index in [4.69, 9.17) is 9.47 Å². The van der Waals surface area contributed by atoms with Crippen molar-refractivity contribution in [2.45, 2.75) is 26.3 Å². The summed E-state index contributed by atoms with van der Waals surface area (Å²) in [6.45, 7) is 10.1. The molecular weight excluding hydrogens is 206 g/mol. The highest BCUT2D eigenvalue weighted by Gasteiger charge is 2.22. The normalized spacial score (nSPS) is 21.8. The fourth-order valence-electron chi connectivity index (χ4n) is 1.70. The van der Waals surface area contributed by atoms with Crippen LogP contribution in [0.25, 0.3) is 0 Å². The molecule has 4 heteroatoms. The number of nitrogens with one attached hydrogen (secondary N) is 1. The molecule has 92 valence electrons. The molecule has 1 rings (SSSR count). The largest absolute Gasteiger partial charge is 0.463 e. The fraction of sp³-hybridized carbons (Fsp3) is 0.750. The Bertz CT molecular complexity index is 247. The number of hydrogen-bond donors (Lipinski definition) is 1. The van der Waals surface area contributed by atoms with Crippen LogP contribution in [-0.2, 0) is 14.3 Å². The number of carbonyl (C=O) groups is 1. The Kier molecular flexibility index (Phi) is 5.49. The summed E-state index contributed by atoms with van der Waals surface area (Å²) in [4.78, 5) is 11.3. The van der Waals surface area contributed by atoms with Gasteiger partial charge in [0.25, 0.3) is 0 Å². The molecule has 0 aromatic carbocycles. The maximum absolute atomic E-state index is 11.3. The van der Waals surface area contributed by atoms with Crippen molar-refractivity contribution in [3.05, 3.63) is 12.2 Å². The van der Waals surface area contributed by atoms with E-state index in [1.54, 1.807) is 6.92 Å². The lowest BCUT2D eigenvalue weighted by atomic mass is 10.0. The Morgan fingerprint density at radius 3 is 3.00 bits per heavy atom. The third kappa shape index (κ3) is 3.94. The second-order valence-corrected chi connectivity index (χ2v) is 4.12. The molecule has 16 heavy (non-hydrogen) atoms. The van der Waals surface area contributed by atoms with Crippen LogP contribution in [0.4, 0.5) is 0 Å². The Hall–Kier alpha value is -0.870. The molecule has 1 aliphatic rings. The van der Waals surface area contributed by atoms with Crippen molar-refractivity contribution >= 4 is 5.97 Å². The van der Waals surface area contributed by atoms with Crippen molar-refractivity contribution in [1.29, 1.82) is 0 Å². The van der Waals surface area contributed by atoms with E-state index in [0.717, 1.165) is 19.6 Å². The molecule has 0 bridgehead atoms. The van der Waals surface area contributed by atoms with Gasteiger partial charge in [0, 0.05) is 24.8 Å². The Morgan fingerprint density at radius 1 is 1.69 bits per heavy atom. The monoisotopic (exact) mass is 227 g/mol. The number of ether oxygens (including phenoxy) is 2. The summed E-state index contributed by atoms with van der Waals surface area (Å²) in [7, 11) is 0. The predicted octanol–water partition coefficient (Wildman–Crippen LogP) is 1.12.